The Balaban J connectivity index is 2.07. The lowest BCUT2D eigenvalue weighted by Crippen LogP contribution is -2.35. The quantitative estimate of drug-likeness (QED) is 0.738. The standard InChI is InChI=1S/C18H18F3N3O4S/c1-12(25)22-14-6-8-16(9-7-14)29(27,28)24(2)11-17(26)23-15-5-3-4-13(10-15)18(19,20)21/h3-10H,11H2,1-2H3,(H,22,25)(H,23,26). The van der Waals surface area contributed by atoms with Crippen molar-refractivity contribution in [2.75, 3.05) is 24.2 Å². The van der Waals surface area contributed by atoms with E-state index in [0.717, 1.165) is 22.5 Å². The van der Waals surface area contributed by atoms with Crippen molar-refractivity contribution < 1.29 is 31.2 Å². The van der Waals surface area contributed by atoms with E-state index in [1.165, 1.54) is 44.3 Å². The molecule has 0 unspecified atom stereocenters. The molecule has 0 aliphatic heterocycles. The van der Waals surface area contributed by atoms with E-state index < -0.39 is 34.2 Å². The van der Waals surface area contributed by atoms with Crippen molar-refractivity contribution in [2.45, 2.75) is 18.0 Å². The summed E-state index contributed by atoms with van der Waals surface area (Å²) in [5.41, 5.74) is -0.632. The zero-order valence-corrected chi connectivity index (χ0v) is 16.3. The van der Waals surface area contributed by atoms with Crippen LogP contribution in [0.25, 0.3) is 0 Å². The van der Waals surface area contributed by atoms with Crippen LogP contribution in [0.5, 0.6) is 0 Å². The summed E-state index contributed by atoms with van der Waals surface area (Å²) in [6, 6.07) is 9.33. The van der Waals surface area contributed by atoms with Gasteiger partial charge in [0.05, 0.1) is 17.0 Å². The molecular formula is C18H18F3N3O4S. The summed E-state index contributed by atoms with van der Waals surface area (Å²) in [7, 11) is -2.85. The van der Waals surface area contributed by atoms with Gasteiger partial charge in [-0.25, -0.2) is 8.42 Å². The van der Waals surface area contributed by atoms with Crippen molar-refractivity contribution in [1.82, 2.24) is 4.31 Å². The number of hydrogen-bond acceptors (Lipinski definition) is 4. The van der Waals surface area contributed by atoms with E-state index in [2.05, 4.69) is 10.6 Å². The topological polar surface area (TPSA) is 95.6 Å². The third kappa shape index (κ3) is 6.03. The number of anilines is 2. The van der Waals surface area contributed by atoms with Crippen LogP contribution < -0.4 is 10.6 Å². The number of amides is 2. The van der Waals surface area contributed by atoms with Crippen molar-refractivity contribution in [1.29, 1.82) is 0 Å². The summed E-state index contributed by atoms with van der Waals surface area (Å²) in [6.45, 7) is 0.702. The predicted octanol–water partition coefficient (Wildman–Crippen LogP) is 2.92. The van der Waals surface area contributed by atoms with Gasteiger partial charge in [0, 0.05) is 25.3 Å². The highest BCUT2D eigenvalue weighted by Gasteiger charge is 2.30. The molecule has 0 aliphatic carbocycles. The highest BCUT2D eigenvalue weighted by atomic mass is 32.2. The summed E-state index contributed by atoms with van der Waals surface area (Å²) in [5.74, 6) is -1.12. The molecule has 0 saturated heterocycles. The predicted molar refractivity (Wildman–Crippen MR) is 101 cm³/mol. The third-order valence-corrected chi connectivity index (χ3v) is 5.54. The molecule has 2 N–H and O–H groups in total. The number of likely N-dealkylation sites (N-methyl/N-ethyl adjacent to an activating group) is 1. The van der Waals surface area contributed by atoms with E-state index in [1.54, 1.807) is 0 Å². The first-order chi connectivity index (χ1) is 13.4. The number of alkyl halides is 3. The highest BCUT2D eigenvalue weighted by molar-refractivity contribution is 7.89. The Morgan fingerprint density at radius 3 is 2.17 bits per heavy atom. The number of benzene rings is 2. The molecule has 0 radical (unpaired) electrons. The van der Waals surface area contributed by atoms with Gasteiger partial charge in [-0.15, -0.1) is 0 Å². The first kappa shape index (κ1) is 22.4. The van der Waals surface area contributed by atoms with Gasteiger partial charge < -0.3 is 10.6 Å². The normalized spacial score (nSPS) is 11.9. The molecule has 0 atom stereocenters. The molecule has 29 heavy (non-hydrogen) atoms. The fourth-order valence-electron chi connectivity index (χ4n) is 2.35. The van der Waals surface area contributed by atoms with Gasteiger partial charge in [-0.3, -0.25) is 9.59 Å². The number of rotatable bonds is 6. The third-order valence-electron chi connectivity index (χ3n) is 3.72. The Morgan fingerprint density at radius 1 is 1.00 bits per heavy atom. The summed E-state index contributed by atoms with van der Waals surface area (Å²) in [4.78, 5) is 23.0. The Bertz CT molecular complexity index is 1010. The van der Waals surface area contributed by atoms with E-state index >= 15 is 0 Å². The second-order valence-corrected chi connectivity index (χ2v) is 8.14. The van der Waals surface area contributed by atoms with Crippen LogP contribution in [0.2, 0.25) is 0 Å². The summed E-state index contributed by atoms with van der Waals surface area (Å²) >= 11 is 0. The zero-order chi connectivity index (χ0) is 21.8. The second kappa shape index (κ2) is 8.62. The number of sulfonamides is 1. The molecule has 0 fully saturated rings. The molecule has 7 nitrogen and oxygen atoms in total. The monoisotopic (exact) mass is 429 g/mol. The SMILES string of the molecule is CC(=O)Nc1ccc(S(=O)(=O)N(C)CC(=O)Nc2cccc(C(F)(F)F)c2)cc1. The minimum atomic E-state index is -4.57. The Morgan fingerprint density at radius 2 is 1.62 bits per heavy atom. The van der Waals surface area contributed by atoms with Crippen LogP contribution in [0, 0.1) is 0 Å². The van der Waals surface area contributed by atoms with Crippen LogP contribution >= 0.6 is 0 Å². The van der Waals surface area contributed by atoms with E-state index in [-0.39, 0.29) is 16.5 Å². The molecule has 0 aliphatic rings. The fourth-order valence-corrected chi connectivity index (χ4v) is 3.48. The second-order valence-electron chi connectivity index (χ2n) is 6.09. The first-order valence-corrected chi connectivity index (χ1v) is 9.65. The molecule has 2 amide bonds. The molecule has 0 saturated carbocycles. The van der Waals surface area contributed by atoms with Crippen LogP contribution in [0.4, 0.5) is 24.5 Å². The minimum Gasteiger partial charge on any atom is -0.326 e. The maximum Gasteiger partial charge on any atom is 0.416 e. The Kier molecular flexibility index (Phi) is 6.65. The summed E-state index contributed by atoms with van der Waals surface area (Å²) in [5, 5.41) is 4.74. The lowest BCUT2D eigenvalue weighted by Gasteiger charge is -2.17. The van der Waals surface area contributed by atoms with Gasteiger partial charge in [-0.05, 0) is 42.5 Å². The molecular weight excluding hydrogens is 411 g/mol. The molecule has 156 valence electrons. The van der Waals surface area contributed by atoms with Gasteiger partial charge in [0.25, 0.3) is 0 Å². The van der Waals surface area contributed by atoms with E-state index in [0.29, 0.717) is 5.69 Å². The molecule has 2 aromatic carbocycles. The van der Waals surface area contributed by atoms with Crippen molar-refractivity contribution >= 4 is 33.2 Å². The maximum atomic E-state index is 12.7. The first-order valence-electron chi connectivity index (χ1n) is 8.20. The fraction of sp³-hybridized carbons (Fsp3) is 0.222. The number of nitrogens with one attached hydrogen (secondary N) is 2. The average molecular weight is 429 g/mol. The Labute approximate surface area is 165 Å². The van der Waals surface area contributed by atoms with Crippen LogP contribution in [-0.2, 0) is 25.8 Å². The molecule has 0 aromatic heterocycles. The number of carbonyl (C=O) groups excluding carboxylic acids is 2. The largest absolute Gasteiger partial charge is 0.416 e. The molecule has 0 heterocycles. The van der Waals surface area contributed by atoms with Gasteiger partial charge in [0.15, 0.2) is 0 Å². The molecule has 2 rings (SSSR count). The van der Waals surface area contributed by atoms with Gasteiger partial charge in [-0.1, -0.05) is 6.07 Å². The van der Waals surface area contributed by atoms with Crippen molar-refractivity contribution in [2.24, 2.45) is 0 Å². The molecule has 0 spiro atoms. The van der Waals surface area contributed by atoms with Crippen molar-refractivity contribution in [3.63, 3.8) is 0 Å². The zero-order valence-electron chi connectivity index (χ0n) is 15.4. The van der Waals surface area contributed by atoms with E-state index in [1.807, 2.05) is 0 Å². The van der Waals surface area contributed by atoms with Crippen LogP contribution in [0.1, 0.15) is 12.5 Å². The van der Waals surface area contributed by atoms with E-state index in [9.17, 15) is 31.2 Å². The molecule has 11 heteroatoms. The maximum absolute atomic E-state index is 12.7. The summed E-state index contributed by atoms with van der Waals surface area (Å²) < 4.78 is 64.1. The van der Waals surface area contributed by atoms with Gasteiger partial charge in [-0.2, -0.15) is 17.5 Å². The lowest BCUT2D eigenvalue weighted by molar-refractivity contribution is -0.137. The lowest BCUT2D eigenvalue weighted by atomic mass is 10.2. The van der Waals surface area contributed by atoms with Gasteiger partial charge in [0.1, 0.15) is 0 Å². The highest BCUT2D eigenvalue weighted by Crippen LogP contribution is 2.30. The average Bonchev–Trinajstić information content (AvgIpc) is 2.61. The number of carbonyl (C=O) groups is 2. The van der Waals surface area contributed by atoms with Crippen molar-refractivity contribution in [3.8, 4) is 0 Å². The minimum absolute atomic E-state index is 0.102. The number of halogens is 3. The van der Waals surface area contributed by atoms with Crippen molar-refractivity contribution in [3.05, 3.63) is 54.1 Å². The molecule has 2 aromatic rings. The van der Waals surface area contributed by atoms with Crippen LogP contribution in [-0.4, -0.2) is 38.1 Å². The summed E-state index contributed by atoms with van der Waals surface area (Å²) in [6.07, 6.45) is -4.57. The smallest absolute Gasteiger partial charge is 0.326 e. The van der Waals surface area contributed by atoms with Gasteiger partial charge >= 0.3 is 6.18 Å². The number of nitrogens with zero attached hydrogens (tertiary/aromatic N) is 1. The van der Waals surface area contributed by atoms with Crippen LogP contribution in [0.15, 0.2) is 53.4 Å². The number of hydrogen-bond donors (Lipinski definition) is 2. The van der Waals surface area contributed by atoms with E-state index in [4.69, 9.17) is 0 Å². The Hall–Kier alpha value is -2.92. The molecule has 0 bridgehead atoms. The van der Waals surface area contributed by atoms with Crippen LogP contribution in [0.3, 0.4) is 0 Å². The van der Waals surface area contributed by atoms with Gasteiger partial charge in [0.2, 0.25) is 21.8 Å².